The van der Waals surface area contributed by atoms with E-state index in [9.17, 15) is 0 Å². The number of hydrogen-bond acceptors (Lipinski definition) is 5. The van der Waals surface area contributed by atoms with Crippen LogP contribution in [-0.4, -0.2) is 24.4 Å². The number of aromatic nitrogens is 2. The molecule has 0 spiro atoms. The van der Waals surface area contributed by atoms with Crippen molar-refractivity contribution in [3.63, 3.8) is 0 Å². The minimum Gasteiger partial charge on any atom is -0.497 e. The molecule has 0 radical (unpaired) electrons. The van der Waals surface area contributed by atoms with Gasteiger partial charge in [0.1, 0.15) is 11.5 Å². The average molecular weight is 273 g/mol. The second-order valence-electron chi connectivity index (χ2n) is 4.61. The largest absolute Gasteiger partial charge is 0.497 e. The molecule has 1 unspecified atom stereocenters. The van der Waals surface area contributed by atoms with Gasteiger partial charge in [0.05, 0.1) is 31.6 Å². The first-order valence-electron chi connectivity index (χ1n) is 6.35. The first kappa shape index (κ1) is 14.3. The number of rotatable bonds is 4. The quantitative estimate of drug-likeness (QED) is 0.924. The summed E-state index contributed by atoms with van der Waals surface area (Å²) >= 11 is 0. The van der Waals surface area contributed by atoms with Crippen LogP contribution in [0.4, 0.5) is 0 Å². The van der Waals surface area contributed by atoms with Crippen molar-refractivity contribution in [2.75, 3.05) is 14.2 Å². The number of ether oxygens (including phenoxy) is 2. The van der Waals surface area contributed by atoms with Crippen molar-refractivity contribution >= 4 is 0 Å². The average Bonchev–Trinajstić information content (AvgIpc) is 2.48. The third kappa shape index (κ3) is 2.72. The van der Waals surface area contributed by atoms with E-state index in [1.165, 1.54) is 0 Å². The maximum absolute atomic E-state index is 6.37. The highest BCUT2D eigenvalue weighted by Crippen LogP contribution is 2.32. The van der Waals surface area contributed by atoms with Crippen molar-refractivity contribution in [3.8, 4) is 11.5 Å². The molecule has 20 heavy (non-hydrogen) atoms. The molecule has 2 aromatic rings. The summed E-state index contributed by atoms with van der Waals surface area (Å²) in [6, 6.07) is 7.25. The molecule has 0 aliphatic heterocycles. The van der Waals surface area contributed by atoms with E-state index in [0.717, 1.165) is 28.3 Å². The predicted molar refractivity (Wildman–Crippen MR) is 77.1 cm³/mol. The van der Waals surface area contributed by atoms with E-state index >= 15 is 0 Å². The molecule has 2 rings (SSSR count). The minimum atomic E-state index is -0.315. The van der Waals surface area contributed by atoms with Crippen molar-refractivity contribution < 1.29 is 9.47 Å². The summed E-state index contributed by atoms with van der Waals surface area (Å²) in [5, 5.41) is 8.15. The highest BCUT2D eigenvalue weighted by Gasteiger charge is 2.17. The molecule has 0 aliphatic rings. The van der Waals surface area contributed by atoms with Crippen LogP contribution in [-0.2, 0) is 0 Å². The SMILES string of the molecule is COc1ccc(C(N)c2cc(C)nnc2C)c(OC)c1. The highest BCUT2D eigenvalue weighted by molar-refractivity contribution is 5.46. The fourth-order valence-corrected chi connectivity index (χ4v) is 2.13. The van der Waals surface area contributed by atoms with Crippen LogP contribution in [0.5, 0.6) is 11.5 Å². The van der Waals surface area contributed by atoms with Crippen LogP contribution in [0.25, 0.3) is 0 Å². The third-order valence-corrected chi connectivity index (χ3v) is 3.25. The molecule has 1 heterocycles. The lowest BCUT2D eigenvalue weighted by molar-refractivity contribution is 0.390. The lowest BCUT2D eigenvalue weighted by atomic mass is 9.97. The molecule has 0 bridgehead atoms. The minimum absolute atomic E-state index is 0.315. The summed E-state index contributed by atoms with van der Waals surface area (Å²) in [6.07, 6.45) is 0. The number of hydrogen-bond donors (Lipinski definition) is 1. The molecule has 0 aliphatic carbocycles. The maximum Gasteiger partial charge on any atom is 0.127 e. The van der Waals surface area contributed by atoms with Crippen LogP contribution in [0.1, 0.15) is 28.6 Å². The summed E-state index contributed by atoms with van der Waals surface area (Å²) in [5.41, 5.74) is 9.86. The van der Waals surface area contributed by atoms with Gasteiger partial charge in [0.2, 0.25) is 0 Å². The Labute approximate surface area is 118 Å². The Balaban J connectivity index is 2.47. The van der Waals surface area contributed by atoms with Crippen LogP contribution in [0.2, 0.25) is 0 Å². The second-order valence-corrected chi connectivity index (χ2v) is 4.61. The highest BCUT2D eigenvalue weighted by atomic mass is 16.5. The molecule has 0 saturated heterocycles. The molecule has 5 heteroatoms. The van der Waals surface area contributed by atoms with Crippen molar-refractivity contribution in [1.29, 1.82) is 0 Å². The molecular formula is C15H19N3O2. The molecule has 1 atom stereocenters. The fourth-order valence-electron chi connectivity index (χ4n) is 2.13. The fraction of sp³-hybridized carbons (Fsp3) is 0.333. The van der Waals surface area contributed by atoms with E-state index in [4.69, 9.17) is 15.2 Å². The van der Waals surface area contributed by atoms with E-state index in [0.29, 0.717) is 5.75 Å². The van der Waals surface area contributed by atoms with E-state index in [2.05, 4.69) is 10.2 Å². The molecule has 0 amide bonds. The Morgan fingerprint density at radius 2 is 1.75 bits per heavy atom. The van der Waals surface area contributed by atoms with Gasteiger partial charge in [0.25, 0.3) is 0 Å². The number of nitrogens with two attached hydrogens (primary N) is 1. The van der Waals surface area contributed by atoms with Gasteiger partial charge in [-0.3, -0.25) is 0 Å². The van der Waals surface area contributed by atoms with Crippen LogP contribution >= 0.6 is 0 Å². The van der Waals surface area contributed by atoms with E-state index in [-0.39, 0.29) is 6.04 Å². The zero-order valence-corrected chi connectivity index (χ0v) is 12.2. The molecule has 0 saturated carbocycles. The van der Waals surface area contributed by atoms with Gasteiger partial charge in [-0.15, -0.1) is 0 Å². The van der Waals surface area contributed by atoms with Gasteiger partial charge in [0.15, 0.2) is 0 Å². The third-order valence-electron chi connectivity index (χ3n) is 3.25. The van der Waals surface area contributed by atoms with Gasteiger partial charge in [-0.1, -0.05) is 0 Å². The maximum atomic E-state index is 6.37. The molecule has 106 valence electrons. The molecular weight excluding hydrogens is 254 g/mol. The Hall–Kier alpha value is -2.14. The number of methoxy groups -OCH3 is 2. The van der Waals surface area contributed by atoms with Gasteiger partial charge >= 0.3 is 0 Å². The second kappa shape index (κ2) is 5.88. The first-order valence-corrected chi connectivity index (χ1v) is 6.35. The summed E-state index contributed by atoms with van der Waals surface area (Å²) < 4.78 is 10.6. The van der Waals surface area contributed by atoms with Crippen molar-refractivity contribution in [1.82, 2.24) is 10.2 Å². The lowest BCUT2D eigenvalue weighted by Gasteiger charge is -2.18. The molecule has 1 aromatic carbocycles. The molecule has 1 aromatic heterocycles. The van der Waals surface area contributed by atoms with Crippen molar-refractivity contribution in [2.24, 2.45) is 5.73 Å². The Morgan fingerprint density at radius 1 is 1.00 bits per heavy atom. The van der Waals surface area contributed by atoms with Crippen LogP contribution < -0.4 is 15.2 Å². The topological polar surface area (TPSA) is 70.3 Å². The van der Waals surface area contributed by atoms with Gasteiger partial charge in [-0.25, -0.2) is 0 Å². The molecule has 2 N–H and O–H groups in total. The number of aryl methyl sites for hydroxylation is 2. The summed E-state index contributed by atoms with van der Waals surface area (Å²) in [5.74, 6) is 1.43. The molecule has 0 fully saturated rings. The van der Waals surface area contributed by atoms with Gasteiger partial charge in [0, 0.05) is 11.6 Å². The van der Waals surface area contributed by atoms with Gasteiger partial charge in [-0.2, -0.15) is 10.2 Å². The smallest absolute Gasteiger partial charge is 0.127 e. The van der Waals surface area contributed by atoms with E-state index < -0.39 is 0 Å². The first-order chi connectivity index (χ1) is 9.56. The van der Waals surface area contributed by atoms with Crippen LogP contribution in [0.3, 0.4) is 0 Å². The normalized spacial score (nSPS) is 12.1. The summed E-state index contributed by atoms with van der Waals surface area (Å²) in [6.45, 7) is 3.80. The van der Waals surface area contributed by atoms with Crippen molar-refractivity contribution in [3.05, 3.63) is 46.8 Å². The summed E-state index contributed by atoms with van der Waals surface area (Å²) in [7, 11) is 3.24. The monoisotopic (exact) mass is 273 g/mol. The number of benzene rings is 1. The van der Waals surface area contributed by atoms with Gasteiger partial charge in [-0.05, 0) is 37.6 Å². The standard InChI is InChI=1S/C15H19N3O2/c1-9-7-13(10(2)18-17-9)15(16)12-6-5-11(19-3)8-14(12)20-4/h5-8,15H,16H2,1-4H3. The van der Waals surface area contributed by atoms with Crippen LogP contribution in [0.15, 0.2) is 24.3 Å². The lowest BCUT2D eigenvalue weighted by Crippen LogP contribution is -2.16. The molecule has 5 nitrogen and oxygen atoms in total. The van der Waals surface area contributed by atoms with Crippen molar-refractivity contribution in [2.45, 2.75) is 19.9 Å². The van der Waals surface area contributed by atoms with Crippen LogP contribution in [0, 0.1) is 13.8 Å². The Kier molecular flexibility index (Phi) is 4.20. The van der Waals surface area contributed by atoms with E-state index in [1.54, 1.807) is 14.2 Å². The Bertz CT molecular complexity index is 614. The zero-order valence-electron chi connectivity index (χ0n) is 12.2. The Morgan fingerprint density at radius 3 is 2.40 bits per heavy atom. The predicted octanol–water partition coefficient (Wildman–Crippen LogP) is 2.16. The van der Waals surface area contributed by atoms with E-state index in [1.807, 2.05) is 38.1 Å². The zero-order chi connectivity index (χ0) is 14.7. The summed E-state index contributed by atoms with van der Waals surface area (Å²) in [4.78, 5) is 0. The van der Waals surface area contributed by atoms with Gasteiger partial charge < -0.3 is 15.2 Å². The number of nitrogens with zero attached hydrogens (tertiary/aromatic N) is 2.